The van der Waals surface area contributed by atoms with Crippen molar-refractivity contribution in [3.63, 3.8) is 0 Å². The number of fused-ring (bicyclic) bond motifs is 1. The van der Waals surface area contributed by atoms with Crippen molar-refractivity contribution >= 4 is 29.0 Å². The lowest BCUT2D eigenvalue weighted by Crippen LogP contribution is -2.53. The van der Waals surface area contributed by atoms with E-state index < -0.39 is 35.1 Å². The van der Waals surface area contributed by atoms with Crippen LogP contribution in [-0.4, -0.2) is 29.0 Å². The van der Waals surface area contributed by atoms with Crippen LogP contribution in [0.5, 0.6) is 0 Å². The second-order valence-corrected chi connectivity index (χ2v) is 8.82. The number of alkyl halides is 6. The smallest absolute Gasteiger partial charge is 0.369 e. The Morgan fingerprint density at radius 1 is 0.667 bits per heavy atom. The normalized spacial score (nSPS) is 14.6. The van der Waals surface area contributed by atoms with Crippen molar-refractivity contribution in [3.8, 4) is 0 Å². The molecule has 2 N–H and O–H groups in total. The van der Waals surface area contributed by atoms with E-state index in [1.165, 1.54) is 12.1 Å². The van der Waals surface area contributed by atoms with E-state index in [1.54, 1.807) is 42.5 Å². The highest BCUT2D eigenvalue weighted by molar-refractivity contribution is 8.04. The maximum absolute atomic E-state index is 13.2. The van der Waals surface area contributed by atoms with E-state index in [1.807, 2.05) is 0 Å². The Morgan fingerprint density at radius 2 is 1.17 bits per heavy atom. The molecule has 4 rings (SSSR count). The lowest BCUT2D eigenvalue weighted by molar-refractivity contribution is -0.376. The number of Topliss-reactive ketones (excluding diaryl/α,β-unsaturated/α-hetero) is 2. The third-order valence-corrected chi connectivity index (χ3v) is 6.53. The number of ketones is 2. The third kappa shape index (κ3) is 4.40. The van der Waals surface area contributed by atoms with E-state index >= 15 is 0 Å². The molecule has 0 amide bonds. The number of halogens is 6. The standard InChI is InChI=1S/C25H15F6NO3S/c26-24(27,28)23(35,25(29,30)31)14-10-12-15(13-11-14)32-19-20(33)17-8-4-5-9-18(17)21(34)22(19)36-16-6-2-1-3-7-16/h1-13,32,35H. The van der Waals surface area contributed by atoms with Crippen molar-refractivity contribution in [2.75, 3.05) is 5.32 Å². The van der Waals surface area contributed by atoms with Crippen LogP contribution in [0.3, 0.4) is 0 Å². The summed E-state index contributed by atoms with van der Waals surface area (Å²) < 4.78 is 79.0. The Hall–Kier alpha value is -3.57. The van der Waals surface area contributed by atoms with Gasteiger partial charge in [-0.15, -0.1) is 0 Å². The largest absolute Gasteiger partial charge is 0.430 e. The van der Waals surface area contributed by atoms with Crippen LogP contribution in [0.1, 0.15) is 26.3 Å². The van der Waals surface area contributed by atoms with E-state index in [2.05, 4.69) is 5.32 Å². The van der Waals surface area contributed by atoms with Gasteiger partial charge in [-0.3, -0.25) is 9.59 Å². The molecule has 0 aromatic heterocycles. The van der Waals surface area contributed by atoms with Gasteiger partial charge in [0, 0.05) is 27.3 Å². The molecule has 3 aromatic rings. The highest BCUT2D eigenvalue weighted by Gasteiger charge is 2.71. The van der Waals surface area contributed by atoms with Gasteiger partial charge in [-0.25, -0.2) is 0 Å². The van der Waals surface area contributed by atoms with Gasteiger partial charge in [0.2, 0.25) is 11.6 Å². The SMILES string of the molecule is O=C1C(Nc2ccc(C(O)(C(F)(F)F)C(F)(F)F)cc2)=C(Sc2ccccc2)C(=O)c2ccccc21. The van der Waals surface area contributed by atoms with Crippen molar-refractivity contribution in [3.05, 3.63) is 106 Å². The van der Waals surface area contributed by atoms with Crippen LogP contribution < -0.4 is 5.32 Å². The second-order valence-electron chi connectivity index (χ2n) is 7.73. The molecule has 1 aliphatic carbocycles. The Bertz CT molecular complexity index is 1330. The summed E-state index contributed by atoms with van der Waals surface area (Å²) in [5.74, 6) is -1.04. The summed E-state index contributed by atoms with van der Waals surface area (Å²) >= 11 is 0.991. The van der Waals surface area contributed by atoms with Gasteiger partial charge in [-0.1, -0.05) is 66.4 Å². The topological polar surface area (TPSA) is 66.4 Å². The summed E-state index contributed by atoms with van der Waals surface area (Å²) in [6, 6.07) is 17.3. The zero-order valence-electron chi connectivity index (χ0n) is 17.9. The summed E-state index contributed by atoms with van der Waals surface area (Å²) in [7, 11) is 0. The summed E-state index contributed by atoms with van der Waals surface area (Å²) in [6.07, 6.45) is -12.1. The molecule has 0 radical (unpaired) electrons. The minimum absolute atomic E-state index is 0.0102. The fourth-order valence-corrected chi connectivity index (χ4v) is 4.57. The highest BCUT2D eigenvalue weighted by Crippen LogP contribution is 2.50. The summed E-state index contributed by atoms with van der Waals surface area (Å²) in [6.45, 7) is 0. The van der Waals surface area contributed by atoms with Gasteiger partial charge in [0.1, 0.15) is 5.70 Å². The van der Waals surface area contributed by atoms with Gasteiger partial charge in [-0.2, -0.15) is 26.3 Å². The van der Waals surface area contributed by atoms with Crippen molar-refractivity contribution in [2.24, 2.45) is 0 Å². The van der Waals surface area contributed by atoms with Crippen molar-refractivity contribution in [2.45, 2.75) is 22.8 Å². The molecule has 3 aromatic carbocycles. The number of hydrogen-bond acceptors (Lipinski definition) is 5. The first-order valence-corrected chi connectivity index (χ1v) is 11.0. The first-order valence-electron chi connectivity index (χ1n) is 10.2. The van der Waals surface area contributed by atoms with Crippen LogP contribution in [0.2, 0.25) is 0 Å². The first kappa shape index (κ1) is 25.5. The van der Waals surface area contributed by atoms with Crippen molar-refractivity contribution < 1.29 is 41.0 Å². The number of carbonyl (C=O) groups excluding carboxylic acids is 2. The molecule has 0 atom stereocenters. The zero-order chi connectivity index (χ0) is 26.3. The van der Waals surface area contributed by atoms with Gasteiger partial charge in [-0.05, 0) is 24.3 Å². The van der Waals surface area contributed by atoms with E-state index in [4.69, 9.17) is 0 Å². The number of carbonyl (C=O) groups is 2. The molecule has 0 saturated heterocycles. The number of nitrogens with one attached hydrogen (secondary N) is 1. The fraction of sp³-hybridized carbons (Fsp3) is 0.120. The van der Waals surface area contributed by atoms with Crippen LogP contribution in [0, 0.1) is 0 Å². The average molecular weight is 523 g/mol. The minimum Gasteiger partial charge on any atom is -0.369 e. The van der Waals surface area contributed by atoms with Gasteiger partial charge < -0.3 is 10.4 Å². The monoisotopic (exact) mass is 523 g/mol. The molecular weight excluding hydrogens is 508 g/mol. The number of anilines is 1. The first-order chi connectivity index (χ1) is 16.8. The molecule has 4 nitrogen and oxygen atoms in total. The van der Waals surface area contributed by atoms with Crippen LogP contribution in [-0.2, 0) is 5.60 Å². The van der Waals surface area contributed by atoms with Crippen LogP contribution >= 0.6 is 11.8 Å². The molecule has 0 aliphatic heterocycles. The Labute approximate surface area is 204 Å². The number of hydrogen-bond donors (Lipinski definition) is 2. The Balaban J connectivity index is 1.75. The lowest BCUT2D eigenvalue weighted by atomic mass is 9.91. The summed E-state index contributed by atoms with van der Waals surface area (Å²) in [5, 5.41) is 12.3. The number of rotatable bonds is 5. The minimum atomic E-state index is -6.03. The molecule has 0 spiro atoms. The molecule has 36 heavy (non-hydrogen) atoms. The van der Waals surface area contributed by atoms with Gasteiger partial charge in [0.05, 0.1) is 4.91 Å². The van der Waals surface area contributed by atoms with Crippen LogP contribution in [0.15, 0.2) is 94.4 Å². The quantitative estimate of drug-likeness (QED) is 0.374. The lowest BCUT2D eigenvalue weighted by Gasteiger charge is -2.32. The predicted molar refractivity (Wildman–Crippen MR) is 120 cm³/mol. The van der Waals surface area contributed by atoms with Crippen LogP contribution in [0.4, 0.5) is 32.0 Å². The zero-order valence-corrected chi connectivity index (χ0v) is 18.8. The number of aliphatic hydroxyl groups is 1. The van der Waals surface area contributed by atoms with Crippen LogP contribution in [0.25, 0.3) is 0 Å². The van der Waals surface area contributed by atoms with Crippen molar-refractivity contribution in [1.29, 1.82) is 0 Å². The molecule has 1 aliphatic rings. The van der Waals surface area contributed by atoms with Gasteiger partial charge >= 0.3 is 12.4 Å². The Morgan fingerprint density at radius 3 is 1.69 bits per heavy atom. The van der Waals surface area contributed by atoms with E-state index in [0.717, 1.165) is 23.9 Å². The molecular formula is C25H15F6NO3S. The number of thioether (sulfide) groups is 1. The predicted octanol–water partition coefficient (Wildman–Crippen LogP) is 6.49. The number of benzene rings is 3. The van der Waals surface area contributed by atoms with E-state index in [0.29, 0.717) is 17.0 Å². The van der Waals surface area contributed by atoms with E-state index in [9.17, 15) is 41.0 Å². The molecule has 0 bridgehead atoms. The van der Waals surface area contributed by atoms with Gasteiger partial charge in [0.15, 0.2) is 0 Å². The maximum Gasteiger partial charge on any atom is 0.430 e. The van der Waals surface area contributed by atoms with Crippen molar-refractivity contribution in [1.82, 2.24) is 0 Å². The molecule has 0 fully saturated rings. The fourth-order valence-electron chi connectivity index (χ4n) is 3.60. The molecule has 11 heteroatoms. The highest BCUT2D eigenvalue weighted by atomic mass is 32.2. The van der Waals surface area contributed by atoms with E-state index in [-0.39, 0.29) is 27.4 Å². The molecule has 0 unspecified atom stereocenters. The van der Waals surface area contributed by atoms with Gasteiger partial charge in [0.25, 0.3) is 5.60 Å². The number of allylic oxidation sites excluding steroid dienone is 2. The third-order valence-electron chi connectivity index (χ3n) is 5.43. The Kier molecular flexibility index (Phi) is 6.48. The molecule has 0 saturated carbocycles. The summed E-state index contributed by atoms with van der Waals surface area (Å²) in [4.78, 5) is 27.1. The summed E-state index contributed by atoms with van der Waals surface area (Å²) in [5.41, 5.74) is -6.50. The molecule has 0 heterocycles. The maximum atomic E-state index is 13.2. The second kappa shape index (κ2) is 9.14. The molecule has 186 valence electrons. The average Bonchev–Trinajstić information content (AvgIpc) is 2.84.